The third-order valence-corrected chi connectivity index (χ3v) is 3.67. The molecule has 6 nitrogen and oxygen atoms in total. The van der Waals surface area contributed by atoms with Crippen molar-refractivity contribution in [1.82, 2.24) is 9.78 Å². The van der Waals surface area contributed by atoms with Crippen molar-refractivity contribution < 1.29 is 9.59 Å². The maximum atomic E-state index is 12.3. The Morgan fingerprint density at radius 3 is 2.42 bits per heavy atom. The number of benzene rings is 1. The average Bonchev–Trinajstić information content (AvgIpc) is 3.00. The Morgan fingerprint density at radius 1 is 1.12 bits per heavy atom. The van der Waals surface area contributed by atoms with Gasteiger partial charge in [-0.1, -0.05) is 19.9 Å². The number of aryl methyl sites for hydroxylation is 1. The molecule has 0 radical (unpaired) electrons. The first kappa shape index (κ1) is 17.7. The van der Waals surface area contributed by atoms with Crippen molar-refractivity contribution >= 4 is 23.2 Å². The van der Waals surface area contributed by atoms with Crippen molar-refractivity contribution in [2.75, 3.05) is 10.6 Å². The molecule has 0 unspecified atom stereocenters. The topological polar surface area (TPSA) is 76.0 Å². The van der Waals surface area contributed by atoms with Gasteiger partial charge in [-0.05, 0) is 38.5 Å². The summed E-state index contributed by atoms with van der Waals surface area (Å²) in [5.74, 6) is -0.392. The summed E-state index contributed by atoms with van der Waals surface area (Å²) in [7, 11) is 0. The molecule has 0 aliphatic heterocycles. The lowest BCUT2D eigenvalue weighted by Gasteiger charge is -2.12. The molecule has 0 saturated heterocycles. The van der Waals surface area contributed by atoms with Crippen LogP contribution in [0, 0.1) is 12.8 Å². The van der Waals surface area contributed by atoms with E-state index in [1.165, 1.54) is 0 Å². The molecule has 128 valence electrons. The number of carbonyl (C=O) groups is 2. The van der Waals surface area contributed by atoms with Crippen LogP contribution < -0.4 is 10.6 Å². The van der Waals surface area contributed by atoms with E-state index in [1.807, 2.05) is 46.8 Å². The predicted octanol–water partition coefficient (Wildman–Crippen LogP) is 3.62. The summed E-state index contributed by atoms with van der Waals surface area (Å²) in [6.07, 6.45) is 3.26. The van der Waals surface area contributed by atoms with Gasteiger partial charge in [-0.15, -0.1) is 0 Å². The monoisotopic (exact) mass is 328 g/mol. The highest BCUT2D eigenvalue weighted by Gasteiger charge is 2.13. The highest BCUT2D eigenvalue weighted by molar-refractivity contribution is 6.04. The summed E-state index contributed by atoms with van der Waals surface area (Å²) in [5.41, 5.74) is 2.76. The molecule has 1 heterocycles. The molecule has 24 heavy (non-hydrogen) atoms. The second-order valence-electron chi connectivity index (χ2n) is 6.43. The van der Waals surface area contributed by atoms with E-state index >= 15 is 0 Å². The van der Waals surface area contributed by atoms with E-state index in [0.29, 0.717) is 16.9 Å². The standard InChI is InChI=1S/C18H24N4O2/c1-11(2)17(23)21-16-8-15(7-6-13(16)5)20-18(24)14-9-19-22(10-14)12(3)4/h6-12H,1-5H3,(H,20,24)(H,21,23). The van der Waals surface area contributed by atoms with Gasteiger partial charge >= 0.3 is 0 Å². The smallest absolute Gasteiger partial charge is 0.258 e. The Balaban J connectivity index is 2.14. The normalized spacial score (nSPS) is 11.0. The molecule has 0 bridgehead atoms. The van der Waals surface area contributed by atoms with E-state index in [2.05, 4.69) is 15.7 Å². The van der Waals surface area contributed by atoms with Crippen LogP contribution in [0.15, 0.2) is 30.6 Å². The van der Waals surface area contributed by atoms with Crippen molar-refractivity contribution in [2.24, 2.45) is 5.92 Å². The predicted molar refractivity (Wildman–Crippen MR) is 95.2 cm³/mol. The van der Waals surface area contributed by atoms with Crippen LogP contribution in [-0.4, -0.2) is 21.6 Å². The molecule has 1 aromatic carbocycles. The molecule has 0 atom stereocenters. The fraction of sp³-hybridized carbons (Fsp3) is 0.389. The zero-order valence-corrected chi connectivity index (χ0v) is 14.8. The summed E-state index contributed by atoms with van der Waals surface area (Å²) in [6.45, 7) is 9.58. The third-order valence-electron chi connectivity index (χ3n) is 3.67. The van der Waals surface area contributed by atoms with Gasteiger partial charge in [0, 0.05) is 29.5 Å². The van der Waals surface area contributed by atoms with E-state index in [1.54, 1.807) is 23.1 Å². The zero-order chi connectivity index (χ0) is 17.9. The summed E-state index contributed by atoms with van der Waals surface area (Å²) in [4.78, 5) is 24.2. The number of amides is 2. The first-order chi connectivity index (χ1) is 11.3. The van der Waals surface area contributed by atoms with E-state index in [-0.39, 0.29) is 23.8 Å². The van der Waals surface area contributed by atoms with Crippen molar-refractivity contribution in [3.05, 3.63) is 41.7 Å². The Kier molecular flexibility index (Phi) is 5.39. The number of hydrogen-bond donors (Lipinski definition) is 2. The molecule has 1 aromatic heterocycles. The molecular formula is C18H24N4O2. The fourth-order valence-electron chi connectivity index (χ4n) is 2.05. The number of hydrogen-bond acceptors (Lipinski definition) is 3. The van der Waals surface area contributed by atoms with Gasteiger partial charge in [0.25, 0.3) is 5.91 Å². The second kappa shape index (κ2) is 7.29. The number of carbonyl (C=O) groups excluding carboxylic acids is 2. The molecule has 2 rings (SSSR count). The SMILES string of the molecule is Cc1ccc(NC(=O)c2cnn(C(C)C)c2)cc1NC(=O)C(C)C. The molecule has 0 fully saturated rings. The van der Waals surface area contributed by atoms with Crippen LogP contribution in [0.5, 0.6) is 0 Å². The van der Waals surface area contributed by atoms with E-state index in [4.69, 9.17) is 0 Å². The first-order valence-corrected chi connectivity index (χ1v) is 8.05. The molecule has 0 aliphatic rings. The average molecular weight is 328 g/mol. The van der Waals surface area contributed by atoms with E-state index in [9.17, 15) is 9.59 Å². The molecule has 2 amide bonds. The number of nitrogens with one attached hydrogen (secondary N) is 2. The zero-order valence-electron chi connectivity index (χ0n) is 14.8. The van der Waals surface area contributed by atoms with Gasteiger partial charge in [0.1, 0.15) is 0 Å². The Morgan fingerprint density at radius 2 is 1.83 bits per heavy atom. The molecule has 2 aromatic rings. The Bertz CT molecular complexity index is 747. The molecule has 2 N–H and O–H groups in total. The number of aromatic nitrogens is 2. The van der Waals surface area contributed by atoms with Crippen molar-refractivity contribution in [3.8, 4) is 0 Å². The lowest BCUT2D eigenvalue weighted by atomic mass is 10.1. The molecular weight excluding hydrogens is 304 g/mol. The third kappa shape index (κ3) is 4.22. The minimum absolute atomic E-state index is 0.0558. The molecule has 0 saturated carbocycles. The van der Waals surface area contributed by atoms with Gasteiger partial charge in [0.2, 0.25) is 5.91 Å². The van der Waals surface area contributed by atoms with Gasteiger partial charge in [-0.3, -0.25) is 14.3 Å². The maximum Gasteiger partial charge on any atom is 0.258 e. The van der Waals surface area contributed by atoms with Crippen LogP contribution in [-0.2, 0) is 4.79 Å². The van der Waals surface area contributed by atoms with Crippen LogP contribution in [0.2, 0.25) is 0 Å². The van der Waals surface area contributed by atoms with Gasteiger partial charge < -0.3 is 10.6 Å². The fourth-order valence-corrected chi connectivity index (χ4v) is 2.05. The van der Waals surface area contributed by atoms with Crippen LogP contribution in [0.3, 0.4) is 0 Å². The first-order valence-electron chi connectivity index (χ1n) is 8.05. The van der Waals surface area contributed by atoms with Crippen molar-refractivity contribution in [3.63, 3.8) is 0 Å². The summed E-state index contributed by atoms with van der Waals surface area (Å²) in [6, 6.07) is 5.64. The van der Waals surface area contributed by atoms with E-state index < -0.39 is 0 Å². The highest BCUT2D eigenvalue weighted by Crippen LogP contribution is 2.21. The Hall–Kier alpha value is -2.63. The van der Waals surface area contributed by atoms with Crippen LogP contribution >= 0.6 is 0 Å². The molecule has 6 heteroatoms. The van der Waals surface area contributed by atoms with Crippen molar-refractivity contribution in [1.29, 1.82) is 0 Å². The lowest BCUT2D eigenvalue weighted by molar-refractivity contribution is -0.118. The van der Waals surface area contributed by atoms with Crippen LogP contribution in [0.25, 0.3) is 0 Å². The maximum absolute atomic E-state index is 12.3. The number of rotatable bonds is 5. The van der Waals surface area contributed by atoms with Gasteiger partial charge in [0.15, 0.2) is 0 Å². The molecule has 0 aliphatic carbocycles. The summed E-state index contributed by atoms with van der Waals surface area (Å²) in [5, 5.41) is 9.88. The van der Waals surface area contributed by atoms with Crippen LogP contribution in [0.1, 0.15) is 49.7 Å². The quantitative estimate of drug-likeness (QED) is 0.880. The van der Waals surface area contributed by atoms with E-state index in [0.717, 1.165) is 5.56 Å². The highest BCUT2D eigenvalue weighted by atomic mass is 16.2. The molecule has 0 spiro atoms. The number of anilines is 2. The number of nitrogens with zero attached hydrogens (tertiary/aromatic N) is 2. The van der Waals surface area contributed by atoms with Gasteiger partial charge in [0.05, 0.1) is 11.8 Å². The van der Waals surface area contributed by atoms with Gasteiger partial charge in [-0.25, -0.2) is 0 Å². The minimum atomic E-state index is -0.230. The minimum Gasteiger partial charge on any atom is -0.326 e. The largest absolute Gasteiger partial charge is 0.326 e. The summed E-state index contributed by atoms with van der Waals surface area (Å²) < 4.78 is 1.73. The van der Waals surface area contributed by atoms with Gasteiger partial charge in [-0.2, -0.15) is 5.10 Å². The summed E-state index contributed by atoms with van der Waals surface area (Å²) >= 11 is 0. The lowest BCUT2D eigenvalue weighted by Crippen LogP contribution is -2.18. The Labute approximate surface area is 142 Å². The van der Waals surface area contributed by atoms with Crippen LogP contribution in [0.4, 0.5) is 11.4 Å². The second-order valence-corrected chi connectivity index (χ2v) is 6.43. The van der Waals surface area contributed by atoms with Crippen molar-refractivity contribution in [2.45, 2.75) is 40.7 Å².